The molecule has 0 bridgehead atoms. The van der Waals surface area contributed by atoms with Crippen LogP contribution in [0.4, 0.5) is 5.95 Å². The third-order valence-corrected chi connectivity index (χ3v) is 3.34. The first-order valence-electron chi connectivity index (χ1n) is 6.11. The first-order valence-corrected chi connectivity index (χ1v) is 6.48. The molecule has 6 heteroatoms. The number of nitrogens with zero attached hydrogens (tertiary/aromatic N) is 3. The molecule has 3 heterocycles. The van der Waals surface area contributed by atoms with Gasteiger partial charge >= 0.3 is 0 Å². The van der Waals surface area contributed by atoms with Crippen LogP contribution in [0.2, 0.25) is 5.02 Å². The Labute approximate surface area is 110 Å². The molecule has 0 aromatic carbocycles. The standard InChI is InChI=1S/C12H15ClN4O/c1-8-6-10(4-5-18-8)14-12-15-11-3-2-9(13)7-17(11)16-12/h2-3,7-8,10H,4-6H2,1H3,(H,14,16)/t8-,10+/m1/s1. The van der Waals surface area contributed by atoms with Crippen LogP contribution in [0.5, 0.6) is 0 Å². The highest BCUT2D eigenvalue weighted by Gasteiger charge is 2.20. The first-order chi connectivity index (χ1) is 8.70. The van der Waals surface area contributed by atoms with Crippen molar-refractivity contribution in [2.45, 2.75) is 31.9 Å². The van der Waals surface area contributed by atoms with Crippen molar-refractivity contribution in [3.05, 3.63) is 23.4 Å². The molecule has 5 nitrogen and oxygen atoms in total. The van der Waals surface area contributed by atoms with E-state index in [-0.39, 0.29) is 0 Å². The van der Waals surface area contributed by atoms with Crippen molar-refractivity contribution in [3.8, 4) is 0 Å². The summed E-state index contributed by atoms with van der Waals surface area (Å²) in [6, 6.07) is 4.04. The monoisotopic (exact) mass is 266 g/mol. The predicted octanol–water partition coefficient (Wildman–Crippen LogP) is 2.36. The van der Waals surface area contributed by atoms with Crippen molar-refractivity contribution >= 4 is 23.2 Å². The molecule has 0 radical (unpaired) electrons. The largest absolute Gasteiger partial charge is 0.378 e. The molecule has 1 aliphatic heterocycles. The minimum absolute atomic E-state index is 0.294. The van der Waals surface area contributed by atoms with Crippen molar-refractivity contribution in [1.82, 2.24) is 14.6 Å². The maximum absolute atomic E-state index is 5.91. The van der Waals surface area contributed by atoms with Crippen LogP contribution in [0.3, 0.4) is 0 Å². The average molecular weight is 267 g/mol. The smallest absolute Gasteiger partial charge is 0.243 e. The topological polar surface area (TPSA) is 51.5 Å². The van der Waals surface area contributed by atoms with Crippen LogP contribution in [-0.2, 0) is 4.74 Å². The van der Waals surface area contributed by atoms with Gasteiger partial charge in [-0.05, 0) is 31.9 Å². The Morgan fingerprint density at radius 1 is 1.50 bits per heavy atom. The molecule has 0 aliphatic carbocycles. The van der Waals surface area contributed by atoms with E-state index in [1.807, 2.05) is 12.1 Å². The molecule has 18 heavy (non-hydrogen) atoms. The van der Waals surface area contributed by atoms with Crippen LogP contribution in [0.1, 0.15) is 19.8 Å². The lowest BCUT2D eigenvalue weighted by atomic mass is 10.0. The third kappa shape index (κ3) is 2.42. The fraction of sp³-hybridized carbons (Fsp3) is 0.500. The fourth-order valence-electron chi connectivity index (χ4n) is 2.23. The Morgan fingerprint density at radius 3 is 3.22 bits per heavy atom. The number of hydrogen-bond acceptors (Lipinski definition) is 4. The Balaban J connectivity index is 1.78. The second kappa shape index (κ2) is 4.74. The fourth-order valence-corrected chi connectivity index (χ4v) is 2.39. The summed E-state index contributed by atoms with van der Waals surface area (Å²) in [6.45, 7) is 2.88. The molecule has 0 amide bonds. The highest BCUT2D eigenvalue weighted by Crippen LogP contribution is 2.18. The molecule has 0 unspecified atom stereocenters. The summed E-state index contributed by atoms with van der Waals surface area (Å²) in [4.78, 5) is 4.41. The molecule has 1 saturated heterocycles. The van der Waals surface area contributed by atoms with Gasteiger partial charge in [-0.15, -0.1) is 5.10 Å². The Hall–Kier alpha value is -1.33. The lowest BCUT2D eigenvalue weighted by molar-refractivity contribution is 0.0231. The highest BCUT2D eigenvalue weighted by molar-refractivity contribution is 6.30. The summed E-state index contributed by atoms with van der Waals surface area (Å²) >= 11 is 5.91. The molecule has 0 spiro atoms. The quantitative estimate of drug-likeness (QED) is 0.907. The van der Waals surface area contributed by atoms with Gasteiger partial charge in [0.25, 0.3) is 0 Å². The Bertz CT molecular complexity index is 556. The van der Waals surface area contributed by atoms with E-state index in [2.05, 4.69) is 22.3 Å². The second-order valence-corrected chi connectivity index (χ2v) is 5.07. The number of anilines is 1. The molecule has 1 N–H and O–H groups in total. The zero-order valence-corrected chi connectivity index (χ0v) is 10.9. The van der Waals surface area contributed by atoms with Gasteiger partial charge in [-0.2, -0.15) is 4.98 Å². The Morgan fingerprint density at radius 2 is 2.39 bits per heavy atom. The van der Waals surface area contributed by atoms with Crippen molar-refractivity contribution in [1.29, 1.82) is 0 Å². The van der Waals surface area contributed by atoms with Gasteiger partial charge in [-0.3, -0.25) is 0 Å². The molecule has 2 aromatic rings. The van der Waals surface area contributed by atoms with E-state index >= 15 is 0 Å². The van der Waals surface area contributed by atoms with Gasteiger partial charge in [-0.25, -0.2) is 4.52 Å². The summed E-state index contributed by atoms with van der Waals surface area (Å²) in [5.41, 5.74) is 0.794. The summed E-state index contributed by atoms with van der Waals surface area (Å²) in [6.07, 6.45) is 4.02. The summed E-state index contributed by atoms with van der Waals surface area (Å²) in [5.74, 6) is 0.649. The summed E-state index contributed by atoms with van der Waals surface area (Å²) < 4.78 is 7.20. The second-order valence-electron chi connectivity index (χ2n) is 4.63. The maximum Gasteiger partial charge on any atom is 0.243 e. The van der Waals surface area contributed by atoms with Crippen molar-refractivity contribution < 1.29 is 4.74 Å². The number of pyridine rings is 1. The van der Waals surface area contributed by atoms with Crippen LogP contribution in [-0.4, -0.2) is 33.4 Å². The van der Waals surface area contributed by atoms with Gasteiger partial charge in [0.1, 0.15) is 0 Å². The van der Waals surface area contributed by atoms with E-state index in [0.717, 1.165) is 25.1 Å². The number of aromatic nitrogens is 3. The number of fused-ring (bicyclic) bond motifs is 1. The van der Waals surface area contributed by atoms with Gasteiger partial charge in [0.05, 0.1) is 11.1 Å². The van der Waals surface area contributed by atoms with Crippen LogP contribution >= 0.6 is 11.6 Å². The van der Waals surface area contributed by atoms with Gasteiger partial charge < -0.3 is 10.1 Å². The molecular weight excluding hydrogens is 252 g/mol. The third-order valence-electron chi connectivity index (χ3n) is 3.11. The first kappa shape index (κ1) is 11.7. The lowest BCUT2D eigenvalue weighted by Crippen LogP contribution is -2.32. The normalized spacial score (nSPS) is 24.3. The number of rotatable bonds is 2. The van der Waals surface area contributed by atoms with Gasteiger partial charge in [-0.1, -0.05) is 11.6 Å². The lowest BCUT2D eigenvalue weighted by Gasteiger charge is -2.27. The molecule has 1 aliphatic rings. The van der Waals surface area contributed by atoms with Gasteiger partial charge in [0, 0.05) is 18.8 Å². The minimum Gasteiger partial charge on any atom is -0.378 e. The minimum atomic E-state index is 0.294. The molecule has 1 fully saturated rings. The molecule has 96 valence electrons. The number of halogens is 1. The van der Waals surface area contributed by atoms with Gasteiger partial charge in [0.2, 0.25) is 5.95 Å². The van der Waals surface area contributed by atoms with E-state index in [0.29, 0.717) is 23.1 Å². The van der Waals surface area contributed by atoms with Crippen LogP contribution in [0, 0.1) is 0 Å². The molecular formula is C12H15ClN4O. The predicted molar refractivity (Wildman–Crippen MR) is 70.1 cm³/mol. The summed E-state index contributed by atoms with van der Waals surface area (Å²) in [7, 11) is 0. The number of ether oxygens (including phenoxy) is 1. The van der Waals surface area contributed by atoms with Crippen LogP contribution < -0.4 is 5.32 Å². The van der Waals surface area contributed by atoms with Gasteiger partial charge in [0.15, 0.2) is 5.65 Å². The zero-order chi connectivity index (χ0) is 12.5. The van der Waals surface area contributed by atoms with E-state index in [1.165, 1.54) is 0 Å². The SMILES string of the molecule is C[C@@H]1C[C@@H](Nc2nc3ccc(Cl)cn3n2)CCO1. The van der Waals surface area contributed by atoms with E-state index in [9.17, 15) is 0 Å². The van der Waals surface area contributed by atoms with E-state index in [4.69, 9.17) is 16.3 Å². The Kier molecular flexibility index (Phi) is 3.09. The highest BCUT2D eigenvalue weighted by atomic mass is 35.5. The average Bonchev–Trinajstić information content (AvgIpc) is 2.70. The zero-order valence-electron chi connectivity index (χ0n) is 10.1. The molecule has 0 saturated carbocycles. The number of nitrogens with one attached hydrogen (secondary N) is 1. The summed E-state index contributed by atoms with van der Waals surface area (Å²) in [5, 5.41) is 8.37. The van der Waals surface area contributed by atoms with Crippen molar-refractivity contribution in [2.24, 2.45) is 0 Å². The van der Waals surface area contributed by atoms with Crippen LogP contribution in [0.25, 0.3) is 5.65 Å². The molecule has 2 atom stereocenters. The van der Waals surface area contributed by atoms with E-state index in [1.54, 1.807) is 10.7 Å². The van der Waals surface area contributed by atoms with Crippen molar-refractivity contribution in [2.75, 3.05) is 11.9 Å². The molecule has 3 rings (SSSR count). The molecule has 2 aromatic heterocycles. The maximum atomic E-state index is 5.91. The van der Waals surface area contributed by atoms with E-state index < -0.39 is 0 Å². The number of hydrogen-bond donors (Lipinski definition) is 1. The van der Waals surface area contributed by atoms with Crippen LogP contribution in [0.15, 0.2) is 18.3 Å². The van der Waals surface area contributed by atoms with Crippen molar-refractivity contribution in [3.63, 3.8) is 0 Å².